The van der Waals surface area contributed by atoms with Gasteiger partial charge in [0.15, 0.2) is 0 Å². The molecular weight excluding hydrogens is 388 g/mol. The van der Waals surface area contributed by atoms with Gasteiger partial charge in [0.25, 0.3) is 0 Å². The minimum atomic E-state index is -1.21. The van der Waals surface area contributed by atoms with E-state index in [2.05, 4.69) is 10.6 Å². The van der Waals surface area contributed by atoms with E-state index in [-0.39, 0.29) is 12.8 Å². The summed E-state index contributed by atoms with van der Waals surface area (Å²) in [6, 6.07) is 15.2. The van der Waals surface area contributed by atoms with Crippen LogP contribution in [0.15, 0.2) is 72.8 Å². The second-order valence-corrected chi connectivity index (χ2v) is 6.51. The molecule has 30 heavy (non-hydrogen) atoms. The molecule has 0 fully saturated rings. The maximum atomic E-state index is 12.0. The fourth-order valence-corrected chi connectivity index (χ4v) is 2.69. The molecule has 4 N–H and O–H groups in total. The number of nitrogens with one attached hydrogen (secondary N) is 2. The minimum absolute atomic E-state index is 0.0834. The lowest BCUT2D eigenvalue weighted by Crippen LogP contribution is -2.42. The highest BCUT2D eigenvalue weighted by molar-refractivity contribution is 5.99. The molecule has 0 aliphatic carbocycles. The van der Waals surface area contributed by atoms with Gasteiger partial charge >= 0.3 is 11.9 Å². The highest BCUT2D eigenvalue weighted by atomic mass is 16.4. The zero-order valence-electron chi connectivity index (χ0n) is 16.0. The number of amides is 2. The van der Waals surface area contributed by atoms with E-state index in [0.29, 0.717) is 0 Å². The first-order chi connectivity index (χ1) is 14.3. The van der Waals surface area contributed by atoms with Gasteiger partial charge in [-0.25, -0.2) is 9.59 Å². The number of hydrogen-bond donors (Lipinski definition) is 4. The number of carboxylic acids is 2. The molecule has 2 aromatic rings. The zero-order valence-corrected chi connectivity index (χ0v) is 16.0. The van der Waals surface area contributed by atoms with Gasteiger partial charge in [-0.3, -0.25) is 9.59 Å². The number of carbonyl (C=O) groups excluding carboxylic acids is 2. The van der Waals surface area contributed by atoms with E-state index in [9.17, 15) is 29.4 Å². The highest BCUT2D eigenvalue weighted by Crippen LogP contribution is 2.05. The summed E-state index contributed by atoms with van der Waals surface area (Å²) in [7, 11) is 0. The van der Waals surface area contributed by atoms with Gasteiger partial charge in [-0.05, 0) is 11.1 Å². The van der Waals surface area contributed by atoms with Crippen molar-refractivity contribution in [3.63, 3.8) is 0 Å². The number of rotatable bonds is 10. The minimum Gasteiger partial charge on any atom is -0.480 e. The molecule has 2 amide bonds. The number of carboxylic acid groups (broad SMARTS) is 2. The van der Waals surface area contributed by atoms with Crippen LogP contribution < -0.4 is 10.6 Å². The van der Waals surface area contributed by atoms with Crippen molar-refractivity contribution >= 4 is 23.8 Å². The largest absolute Gasteiger partial charge is 0.480 e. The molecule has 156 valence electrons. The summed E-state index contributed by atoms with van der Waals surface area (Å²) in [6.07, 6.45) is 1.91. The molecule has 0 aromatic heterocycles. The van der Waals surface area contributed by atoms with Crippen molar-refractivity contribution in [2.24, 2.45) is 0 Å². The second kappa shape index (κ2) is 11.2. The quantitative estimate of drug-likeness (QED) is 0.435. The van der Waals surface area contributed by atoms with Gasteiger partial charge in [0, 0.05) is 25.0 Å². The molecule has 0 saturated heterocycles. The predicted molar refractivity (Wildman–Crippen MR) is 109 cm³/mol. The lowest BCUT2D eigenvalue weighted by molar-refractivity contribution is -0.141. The van der Waals surface area contributed by atoms with Gasteiger partial charge in [-0.15, -0.1) is 0 Å². The first-order valence-corrected chi connectivity index (χ1v) is 9.17. The molecule has 2 unspecified atom stereocenters. The van der Waals surface area contributed by atoms with Crippen LogP contribution in [0, 0.1) is 0 Å². The first-order valence-electron chi connectivity index (χ1n) is 9.17. The molecule has 2 atom stereocenters. The van der Waals surface area contributed by atoms with E-state index in [1.54, 1.807) is 60.7 Å². The topological polar surface area (TPSA) is 133 Å². The molecule has 0 saturated carbocycles. The van der Waals surface area contributed by atoms with E-state index in [1.807, 2.05) is 0 Å². The van der Waals surface area contributed by atoms with Crippen LogP contribution in [0.2, 0.25) is 0 Å². The van der Waals surface area contributed by atoms with Gasteiger partial charge < -0.3 is 20.8 Å². The molecule has 0 aliphatic rings. The molecule has 8 heteroatoms. The smallest absolute Gasteiger partial charge is 0.326 e. The Kier molecular flexibility index (Phi) is 8.31. The van der Waals surface area contributed by atoms with Gasteiger partial charge in [-0.1, -0.05) is 60.7 Å². The zero-order chi connectivity index (χ0) is 21.9. The summed E-state index contributed by atoms with van der Waals surface area (Å²) >= 11 is 0. The average Bonchev–Trinajstić information content (AvgIpc) is 2.72. The molecule has 0 aliphatic heterocycles. The van der Waals surface area contributed by atoms with E-state index < -0.39 is 35.8 Å². The molecule has 0 radical (unpaired) electrons. The second-order valence-electron chi connectivity index (χ2n) is 6.51. The van der Waals surface area contributed by atoms with Crippen molar-refractivity contribution in [2.45, 2.75) is 24.9 Å². The van der Waals surface area contributed by atoms with Gasteiger partial charge in [-0.2, -0.15) is 0 Å². The Morgan fingerprint density at radius 2 is 1.00 bits per heavy atom. The van der Waals surface area contributed by atoms with Crippen LogP contribution in [0.4, 0.5) is 0 Å². The third-order valence-electron chi connectivity index (χ3n) is 4.18. The molecular formula is C22H22N2O6. The van der Waals surface area contributed by atoms with Crippen molar-refractivity contribution in [1.29, 1.82) is 0 Å². The van der Waals surface area contributed by atoms with Crippen LogP contribution in [0.1, 0.15) is 11.1 Å². The maximum absolute atomic E-state index is 12.0. The Balaban J connectivity index is 1.92. The fourth-order valence-electron chi connectivity index (χ4n) is 2.69. The number of carbonyl (C=O) groups is 4. The number of benzene rings is 2. The highest BCUT2D eigenvalue weighted by Gasteiger charge is 2.21. The SMILES string of the molecule is O=C(/C=C/C(=O)NC(Cc1ccccc1)C(=O)O)NC(Cc1ccccc1)C(=O)O. The van der Waals surface area contributed by atoms with Crippen LogP contribution in [-0.4, -0.2) is 46.0 Å². The van der Waals surface area contributed by atoms with Crippen molar-refractivity contribution < 1.29 is 29.4 Å². The summed E-state index contributed by atoms with van der Waals surface area (Å²) in [6.45, 7) is 0. The molecule has 0 heterocycles. The van der Waals surface area contributed by atoms with Crippen LogP contribution in [-0.2, 0) is 32.0 Å². The summed E-state index contributed by atoms with van der Waals surface area (Å²) < 4.78 is 0. The molecule has 0 bridgehead atoms. The van der Waals surface area contributed by atoms with E-state index in [4.69, 9.17) is 0 Å². The monoisotopic (exact) mass is 410 g/mol. The number of aliphatic carboxylic acids is 2. The van der Waals surface area contributed by atoms with Gasteiger partial charge in [0.1, 0.15) is 12.1 Å². The van der Waals surface area contributed by atoms with Crippen molar-refractivity contribution in [3.8, 4) is 0 Å². The van der Waals surface area contributed by atoms with E-state index >= 15 is 0 Å². The molecule has 2 aromatic carbocycles. The number of hydrogen-bond acceptors (Lipinski definition) is 4. The first kappa shape index (κ1) is 22.4. The van der Waals surface area contributed by atoms with E-state index in [1.165, 1.54) is 0 Å². The Morgan fingerprint density at radius 1 is 0.667 bits per heavy atom. The Bertz CT molecular complexity index is 836. The predicted octanol–water partition coefficient (Wildman–Crippen LogP) is 1.17. The Morgan fingerprint density at radius 3 is 1.30 bits per heavy atom. The molecule has 2 rings (SSSR count). The summed E-state index contributed by atoms with van der Waals surface area (Å²) in [5, 5.41) is 23.2. The maximum Gasteiger partial charge on any atom is 0.326 e. The van der Waals surface area contributed by atoms with Crippen molar-refractivity contribution in [1.82, 2.24) is 10.6 Å². The molecule has 0 spiro atoms. The third kappa shape index (κ3) is 7.59. The van der Waals surface area contributed by atoms with E-state index in [0.717, 1.165) is 23.3 Å². The van der Waals surface area contributed by atoms with Gasteiger partial charge in [0.2, 0.25) is 11.8 Å². The lowest BCUT2D eigenvalue weighted by Gasteiger charge is -2.14. The summed E-state index contributed by atoms with van der Waals surface area (Å²) in [5.74, 6) is -3.97. The van der Waals surface area contributed by atoms with Crippen molar-refractivity contribution in [2.75, 3.05) is 0 Å². The standard InChI is InChI=1S/C22H22N2O6/c25-19(23-17(21(27)28)13-15-7-3-1-4-8-15)11-12-20(26)24-18(22(29)30)14-16-9-5-2-6-10-16/h1-12,17-18H,13-14H2,(H,23,25)(H,24,26)(H,27,28)(H,29,30)/b12-11+. The van der Waals surface area contributed by atoms with Gasteiger partial charge in [0.05, 0.1) is 0 Å². The van der Waals surface area contributed by atoms with Crippen LogP contribution in [0.5, 0.6) is 0 Å². The van der Waals surface area contributed by atoms with Crippen molar-refractivity contribution in [3.05, 3.63) is 83.9 Å². The van der Waals surface area contributed by atoms with Crippen LogP contribution >= 0.6 is 0 Å². The molecule has 8 nitrogen and oxygen atoms in total. The lowest BCUT2D eigenvalue weighted by atomic mass is 10.1. The Labute approximate surface area is 173 Å². The summed E-state index contributed by atoms with van der Waals surface area (Å²) in [5.41, 5.74) is 1.47. The normalized spacial score (nSPS) is 12.7. The van der Waals surface area contributed by atoms with Crippen LogP contribution in [0.25, 0.3) is 0 Å². The summed E-state index contributed by atoms with van der Waals surface area (Å²) in [4.78, 5) is 46.8. The Hall–Kier alpha value is -3.94. The average molecular weight is 410 g/mol. The third-order valence-corrected chi connectivity index (χ3v) is 4.18. The fraction of sp³-hybridized carbons (Fsp3) is 0.182. The van der Waals surface area contributed by atoms with Crippen LogP contribution in [0.3, 0.4) is 0 Å².